The van der Waals surface area contributed by atoms with Crippen LogP contribution >= 0.6 is 11.6 Å². The molecule has 1 aromatic rings. The van der Waals surface area contributed by atoms with E-state index in [1.54, 1.807) is 0 Å². The van der Waals surface area contributed by atoms with E-state index < -0.39 is 0 Å². The Hall–Kier alpha value is -0.820. The molecule has 2 heteroatoms. The summed E-state index contributed by atoms with van der Waals surface area (Å²) >= 11 is 6.23. The molecule has 2 bridgehead atoms. The van der Waals surface area contributed by atoms with Gasteiger partial charge in [-0.25, -0.2) is 0 Å². The van der Waals surface area contributed by atoms with Crippen molar-refractivity contribution in [2.24, 2.45) is 23.7 Å². The van der Waals surface area contributed by atoms with E-state index in [1.807, 2.05) is 12.1 Å². The largest absolute Gasteiger partial charge is 0.294 e. The number of carbonyl (C=O) groups is 1. The molecule has 0 N–H and O–H groups in total. The van der Waals surface area contributed by atoms with Crippen LogP contribution in [0.2, 0.25) is 5.02 Å². The molecule has 2 saturated carbocycles. The molecule has 4 rings (SSSR count). The summed E-state index contributed by atoms with van der Waals surface area (Å²) in [4.78, 5) is 12.7. The molecule has 0 heterocycles. The van der Waals surface area contributed by atoms with Crippen LogP contribution in [0.5, 0.6) is 0 Å². The lowest BCUT2D eigenvalue weighted by molar-refractivity contribution is 0.0858. The minimum absolute atomic E-state index is 0.198. The molecule has 3 aliphatic carbocycles. The van der Waals surface area contributed by atoms with E-state index in [4.69, 9.17) is 11.6 Å². The minimum Gasteiger partial charge on any atom is -0.294 e. The highest BCUT2D eigenvalue weighted by molar-refractivity contribution is 6.34. The zero-order chi connectivity index (χ0) is 14.4. The van der Waals surface area contributed by atoms with E-state index >= 15 is 0 Å². The van der Waals surface area contributed by atoms with E-state index in [0.717, 1.165) is 36.2 Å². The normalized spacial score (nSPS) is 34.8. The van der Waals surface area contributed by atoms with Gasteiger partial charge in [-0.3, -0.25) is 4.79 Å². The second-order valence-electron chi connectivity index (χ2n) is 7.51. The van der Waals surface area contributed by atoms with Gasteiger partial charge in [-0.2, -0.15) is 0 Å². The molecule has 0 amide bonds. The van der Waals surface area contributed by atoms with Crippen LogP contribution in [0.3, 0.4) is 0 Å². The molecule has 0 aromatic heterocycles. The van der Waals surface area contributed by atoms with Crippen molar-refractivity contribution >= 4 is 17.4 Å². The van der Waals surface area contributed by atoms with Gasteiger partial charge in [0.2, 0.25) is 0 Å². The van der Waals surface area contributed by atoms with Gasteiger partial charge in [0.15, 0.2) is 5.78 Å². The van der Waals surface area contributed by atoms with Gasteiger partial charge in [0, 0.05) is 11.5 Å². The highest BCUT2D eigenvalue weighted by Crippen LogP contribution is 2.46. The smallest absolute Gasteiger partial charge is 0.168 e. The van der Waals surface area contributed by atoms with E-state index in [9.17, 15) is 4.79 Å². The molecule has 112 valence electrons. The van der Waals surface area contributed by atoms with Crippen LogP contribution in [-0.4, -0.2) is 5.78 Å². The molecule has 2 fully saturated rings. The molecule has 0 aliphatic heterocycles. The molecule has 0 radical (unpaired) electrons. The highest BCUT2D eigenvalue weighted by atomic mass is 35.5. The Morgan fingerprint density at radius 2 is 1.86 bits per heavy atom. The SMILES string of the molecule is O=C1c2c(Cl)cccc2CC1CC1CC2CCCC(C2)C1. The lowest BCUT2D eigenvalue weighted by Crippen LogP contribution is -2.28. The number of carbonyl (C=O) groups excluding carboxylic acids is 1. The Balaban J connectivity index is 1.47. The third-order valence-electron chi connectivity index (χ3n) is 6.03. The van der Waals surface area contributed by atoms with Gasteiger partial charge >= 0.3 is 0 Å². The first-order chi connectivity index (χ1) is 10.2. The zero-order valence-electron chi connectivity index (χ0n) is 12.5. The average Bonchev–Trinajstić information content (AvgIpc) is 2.76. The van der Waals surface area contributed by atoms with Crippen molar-refractivity contribution in [3.63, 3.8) is 0 Å². The average molecular weight is 303 g/mol. The molecule has 3 atom stereocenters. The van der Waals surface area contributed by atoms with E-state index in [0.29, 0.717) is 10.8 Å². The molecule has 3 aliphatic rings. The van der Waals surface area contributed by atoms with Gasteiger partial charge in [-0.05, 0) is 61.5 Å². The van der Waals surface area contributed by atoms with Gasteiger partial charge < -0.3 is 0 Å². The van der Waals surface area contributed by atoms with Gasteiger partial charge in [-0.1, -0.05) is 43.0 Å². The van der Waals surface area contributed by atoms with Crippen LogP contribution in [0.1, 0.15) is 60.9 Å². The zero-order valence-corrected chi connectivity index (χ0v) is 13.2. The molecular formula is C19H23ClO. The molecular weight excluding hydrogens is 280 g/mol. The van der Waals surface area contributed by atoms with E-state index in [-0.39, 0.29) is 5.92 Å². The van der Waals surface area contributed by atoms with Crippen molar-refractivity contribution in [1.82, 2.24) is 0 Å². The molecule has 3 unspecified atom stereocenters. The standard InChI is InChI=1S/C19H23ClO/c20-17-6-2-5-15-11-16(19(21)18(15)17)10-14-8-12-3-1-4-13(7-12)9-14/h2,5-6,12-14,16H,1,3-4,7-11H2. The predicted molar refractivity (Wildman–Crippen MR) is 85.8 cm³/mol. The summed E-state index contributed by atoms with van der Waals surface area (Å²) in [7, 11) is 0. The number of hydrogen-bond acceptors (Lipinski definition) is 1. The number of halogens is 1. The first-order valence-corrected chi connectivity index (χ1v) is 8.90. The van der Waals surface area contributed by atoms with E-state index in [1.165, 1.54) is 44.1 Å². The highest BCUT2D eigenvalue weighted by Gasteiger charge is 2.37. The van der Waals surface area contributed by atoms with Crippen LogP contribution in [0, 0.1) is 23.7 Å². The van der Waals surface area contributed by atoms with Crippen LogP contribution in [0.15, 0.2) is 18.2 Å². The van der Waals surface area contributed by atoms with Crippen molar-refractivity contribution in [3.05, 3.63) is 34.3 Å². The van der Waals surface area contributed by atoms with Gasteiger partial charge in [0.05, 0.1) is 5.02 Å². The summed E-state index contributed by atoms with van der Waals surface area (Å²) in [5, 5.41) is 0.653. The van der Waals surface area contributed by atoms with Gasteiger partial charge in [-0.15, -0.1) is 0 Å². The maximum Gasteiger partial charge on any atom is 0.168 e. The second kappa shape index (κ2) is 5.43. The number of rotatable bonds is 2. The molecule has 1 aromatic carbocycles. The maximum absolute atomic E-state index is 12.7. The first-order valence-electron chi connectivity index (χ1n) is 8.52. The van der Waals surface area contributed by atoms with Crippen LogP contribution < -0.4 is 0 Å². The number of fused-ring (bicyclic) bond motifs is 3. The Kier molecular flexibility index (Phi) is 3.57. The number of ketones is 1. The molecule has 0 spiro atoms. The Labute approximate surface area is 132 Å². The summed E-state index contributed by atoms with van der Waals surface area (Å²) in [6, 6.07) is 5.90. The Morgan fingerprint density at radius 1 is 1.10 bits per heavy atom. The monoisotopic (exact) mass is 302 g/mol. The van der Waals surface area contributed by atoms with Crippen molar-refractivity contribution in [2.45, 2.75) is 51.4 Å². The summed E-state index contributed by atoms with van der Waals surface area (Å²) in [6.45, 7) is 0. The Morgan fingerprint density at radius 3 is 2.57 bits per heavy atom. The lowest BCUT2D eigenvalue weighted by Gasteiger charge is -2.39. The summed E-state index contributed by atoms with van der Waals surface area (Å²) in [5.74, 6) is 3.18. The number of benzene rings is 1. The summed E-state index contributed by atoms with van der Waals surface area (Å²) < 4.78 is 0. The maximum atomic E-state index is 12.7. The fraction of sp³-hybridized carbons (Fsp3) is 0.632. The van der Waals surface area contributed by atoms with Crippen LogP contribution in [-0.2, 0) is 6.42 Å². The molecule has 0 saturated heterocycles. The fourth-order valence-corrected chi connectivity index (χ4v) is 5.52. The third kappa shape index (κ3) is 2.54. The molecule has 21 heavy (non-hydrogen) atoms. The summed E-state index contributed by atoms with van der Waals surface area (Å²) in [5.41, 5.74) is 1.99. The quantitative estimate of drug-likeness (QED) is 0.724. The van der Waals surface area contributed by atoms with Crippen LogP contribution in [0.25, 0.3) is 0 Å². The van der Waals surface area contributed by atoms with Crippen molar-refractivity contribution in [1.29, 1.82) is 0 Å². The van der Waals surface area contributed by atoms with Crippen molar-refractivity contribution < 1.29 is 4.79 Å². The Bertz CT molecular complexity index is 553. The topological polar surface area (TPSA) is 17.1 Å². The number of Topliss-reactive ketones (excluding diaryl/α,β-unsaturated/α-hetero) is 1. The van der Waals surface area contributed by atoms with E-state index in [2.05, 4.69) is 6.07 Å². The van der Waals surface area contributed by atoms with Crippen LogP contribution in [0.4, 0.5) is 0 Å². The minimum atomic E-state index is 0.198. The van der Waals surface area contributed by atoms with Gasteiger partial charge in [0.1, 0.15) is 0 Å². The third-order valence-corrected chi connectivity index (χ3v) is 6.34. The fourth-order valence-electron chi connectivity index (χ4n) is 5.23. The lowest BCUT2D eigenvalue weighted by atomic mass is 9.66. The molecule has 1 nitrogen and oxygen atoms in total. The van der Waals surface area contributed by atoms with Gasteiger partial charge in [0.25, 0.3) is 0 Å². The van der Waals surface area contributed by atoms with Crippen molar-refractivity contribution in [2.75, 3.05) is 0 Å². The second-order valence-corrected chi connectivity index (χ2v) is 7.92. The van der Waals surface area contributed by atoms with Crippen molar-refractivity contribution in [3.8, 4) is 0 Å². The predicted octanol–water partition coefficient (Wildman–Crippen LogP) is 5.30. The summed E-state index contributed by atoms with van der Waals surface area (Å²) in [6.07, 6.45) is 10.5. The first kappa shape index (κ1) is 13.8. The number of hydrogen-bond donors (Lipinski definition) is 0.